The van der Waals surface area contributed by atoms with E-state index >= 15 is 0 Å². The zero-order chi connectivity index (χ0) is 10.7. The molecule has 2 rings (SSSR count). The van der Waals surface area contributed by atoms with Crippen molar-refractivity contribution < 1.29 is 4.79 Å². The summed E-state index contributed by atoms with van der Waals surface area (Å²) in [7, 11) is 0. The van der Waals surface area contributed by atoms with Gasteiger partial charge in [0.2, 0.25) is 5.91 Å². The zero-order valence-corrected chi connectivity index (χ0v) is 9.77. The second-order valence-electron chi connectivity index (χ2n) is 4.25. The molecule has 0 aliphatic carbocycles. The molecule has 0 aromatic heterocycles. The second kappa shape index (κ2) is 4.88. The predicted octanol–water partition coefficient (Wildman–Crippen LogP) is 0.593. The Morgan fingerprint density at radius 1 is 1.60 bits per heavy atom. The molecule has 0 aromatic rings. The zero-order valence-electron chi connectivity index (χ0n) is 8.95. The molecule has 2 N–H and O–H groups in total. The SMILES string of the molecule is CC1CN=C(NC2CCC(=O)NC2)SC1. The fourth-order valence-electron chi connectivity index (χ4n) is 1.68. The number of piperidine rings is 1. The van der Waals surface area contributed by atoms with Crippen LogP contribution in [0.4, 0.5) is 0 Å². The third-order valence-corrected chi connectivity index (χ3v) is 3.90. The number of nitrogens with one attached hydrogen (secondary N) is 2. The van der Waals surface area contributed by atoms with Crippen molar-refractivity contribution in [2.45, 2.75) is 25.8 Å². The highest BCUT2D eigenvalue weighted by molar-refractivity contribution is 8.13. The molecule has 5 heteroatoms. The summed E-state index contributed by atoms with van der Waals surface area (Å²) >= 11 is 1.79. The maximum atomic E-state index is 11.0. The number of hydrogen-bond acceptors (Lipinski definition) is 4. The van der Waals surface area contributed by atoms with Gasteiger partial charge in [0.1, 0.15) is 0 Å². The van der Waals surface area contributed by atoms with E-state index in [1.165, 1.54) is 0 Å². The lowest BCUT2D eigenvalue weighted by Crippen LogP contribution is -2.47. The summed E-state index contributed by atoms with van der Waals surface area (Å²) in [5.41, 5.74) is 0. The molecule has 2 aliphatic heterocycles. The number of aliphatic imine (C=N–C) groups is 1. The molecule has 1 saturated heterocycles. The Balaban J connectivity index is 1.79. The van der Waals surface area contributed by atoms with Crippen molar-refractivity contribution in [3.8, 4) is 0 Å². The molecule has 4 nitrogen and oxygen atoms in total. The van der Waals surface area contributed by atoms with Crippen LogP contribution in [0.25, 0.3) is 0 Å². The maximum absolute atomic E-state index is 11.0. The molecule has 2 heterocycles. The second-order valence-corrected chi connectivity index (χ2v) is 5.25. The first kappa shape index (κ1) is 10.8. The van der Waals surface area contributed by atoms with Gasteiger partial charge >= 0.3 is 0 Å². The molecule has 0 spiro atoms. The number of amides is 1. The fourth-order valence-corrected chi connectivity index (χ4v) is 2.64. The topological polar surface area (TPSA) is 53.5 Å². The van der Waals surface area contributed by atoms with E-state index in [1.807, 2.05) is 0 Å². The number of carbonyl (C=O) groups excluding carboxylic acids is 1. The van der Waals surface area contributed by atoms with Gasteiger partial charge in [-0.3, -0.25) is 9.79 Å². The van der Waals surface area contributed by atoms with Crippen LogP contribution in [0.5, 0.6) is 0 Å². The lowest BCUT2D eigenvalue weighted by molar-refractivity contribution is -0.122. The summed E-state index contributed by atoms with van der Waals surface area (Å²) in [6, 6.07) is 0.363. The molecular formula is C10H17N3OS. The lowest BCUT2D eigenvalue weighted by atomic mass is 10.1. The van der Waals surface area contributed by atoms with Crippen LogP contribution in [0.3, 0.4) is 0 Å². The summed E-state index contributed by atoms with van der Waals surface area (Å²) in [5, 5.41) is 7.31. The van der Waals surface area contributed by atoms with E-state index in [1.54, 1.807) is 11.8 Å². The number of nitrogens with zero attached hydrogens (tertiary/aromatic N) is 1. The van der Waals surface area contributed by atoms with Gasteiger partial charge in [0.05, 0.1) is 0 Å². The van der Waals surface area contributed by atoms with Crippen molar-refractivity contribution in [1.29, 1.82) is 0 Å². The summed E-state index contributed by atoms with van der Waals surface area (Å²) in [6.07, 6.45) is 1.55. The molecule has 15 heavy (non-hydrogen) atoms. The van der Waals surface area contributed by atoms with Crippen molar-refractivity contribution in [3.05, 3.63) is 0 Å². The molecule has 1 amide bonds. The number of hydrogen-bond donors (Lipinski definition) is 2. The summed E-state index contributed by atoms with van der Waals surface area (Å²) in [5.74, 6) is 2.00. The van der Waals surface area contributed by atoms with Crippen LogP contribution >= 0.6 is 11.8 Å². The van der Waals surface area contributed by atoms with Crippen LogP contribution < -0.4 is 10.6 Å². The Morgan fingerprint density at radius 3 is 3.07 bits per heavy atom. The van der Waals surface area contributed by atoms with Crippen LogP contribution in [0.2, 0.25) is 0 Å². The normalized spacial score (nSPS) is 31.8. The molecule has 84 valence electrons. The average molecular weight is 227 g/mol. The first-order valence-electron chi connectivity index (χ1n) is 5.44. The van der Waals surface area contributed by atoms with Gasteiger partial charge in [-0.25, -0.2) is 0 Å². The van der Waals surface area contributed by atoms with E-state index in [2.05, 4.69) is 22.5 Å². The van der Waals surface area contributed by atoms with Crippen molar-refractivity contribution in [2.24, 2.45) is 10.9 Å². The van der Waals surface area contributed by atoms with E-state index in [0.717, 1.165) is 30.4 Å². The van der Waals surface area contributed by atoms with Crippen LogP contribution in [0.15, 0.2) is 4.99 Å². The Labute approximate surface area is 94.3 Å². The standard InChI is InChI=1S/C10H17N3OS/c1-7-4-12-10(15-6-7)13-8-2-3-9(14)11-5-8/h7-8H,2-6H2,1H3,(H,11,14)(H,12,13). The highest BCUT2D eigenvalue weighted by Crippen LogP contribution is 2.16. The molecule has 2 atom stereocenters. The summed E-state index contributed by atoms with van der Waals surface area (Å²) in [6.45, 7) is 3.87. The van der Waals surface area contributed by atoms with Crippen LogP contribution in [0, 0.1) is 5.92 Å². The van der Waals surface area contributed by atoms with Crippen molar-refractivity contribution >= 4 is 22.8 Å². The van der Waals surface area contributed by atoms with Gasteiger partial charge in [-0.05, 0) is 12.3 Å². The van der Waals surface area contributed by atoms with Crippen LogP contribution in [0.1, 0.15) is 19.8 Å². The van der Waals surface area contributed by atoms with Gasteiger partial charge in [-0.1, -0.05) is 18.7 Å². The monoisotopic (exact) mass is 227 g/mol. The van der Waals surface area contributed by atoms with E-state index in [9.17, 15) is 4.79 Å². The number of carbonyl (C=O) groups is 1. The molecule has 0 radical (unpaired) electrons. The van der Waals surface area contributed by atoms with E-state index in [-0.39, 0.29) is 5.91 Å². The smallest absolute Gasteiger partial charge is 0.220 e. The van der Waals surface area contributed by atoms with Crippen molar-refractivity contribution in [1.82, 2.24) is 10.6 Å². The third kappa shape index (κ3) is 3.12. The lowest BCUT2D eigenvalue weighted by Gasteiger charge is -2.26. The van der Waals surface area contributed by atoms with Crippen LogP contribution in [-0.4, -0.2) is 36.0 Å². The molecule has 0 bridgehead atoms. The van der Waals surface area contributed by atoms with E-state index < -0.39 is 0 Å². The van der Waals surface area contributed by atoms with Gasteiger partial charge < -0.3 is 10.6 Å². The highest BCUT2D eigenvalue weighted by Gasteiger charge is 2.20. The Bertz CT molecular complexity index is 270. The quantitative estimate of drug-likeness (QED) is 0.689. The number of thioether (sulfide) groups is 1. The Kier molecular flexibility index (Phi) is 3.51. The largest absolute Gasteiger partial charge is 0.360 e. The molecular weight excluding hydrogens is 210 g/mol. The molecule has 1 fully saturated rings. The number of rotatable bonds is 1. The Hall–Kier alpha value is -0.710. The third-order valence-electron chi connectivity index (χ3n) is 2.64. The van der Waals surface area contributed by atoms with Gasteiger partial charge in [0, 0.05) is 31.3 Å². The minimum Gasteiger partial charge on any atom is -0.360 e. The molecule has 2 unspecified atom stereocenters. The van der Waals surface area contributed by atoms with Gasteiger partial charge in [0.15, 0.2) is 5.17 Å². The number of amidine groups is 1. The van der Waals surface area contributed by atoms with E-state index in [0.29, 0.717) is 18.4 Å². The molecule has 2 aliphatic rings. The van der Waals surface area contributed by atoms with Crippen LogP contribution in [-0.2, 0) is 4.79 Å². The first-order chi connectivity index (χ1) is 7.24. The summed E-state index contributed by atoms with van der Waals surface area (Å²) < 4.78 is 0. The van der Waals surface area contributed by atoms with Gasteiger partial charge in [-0.15, -0.1) is 0 Å². The Morgan fingerprint density at radius 2 is 2.47 bits per heavy atom. The fraction of sp³-hybridized carbons (Fsp3) is 0.800. The summed E-state index contributed by atoms with van der Waals surface area (Å²) in [4.78, 5) is 15.4. The predicted molar refractivity (Wildman–Crippen MR) is 63.1 cm³/mol. The highest BCUT2D eigenvalue weighted by atomic mass is 32.2. The average Bonchev–Trinajstić information content (AvgIpc) is 2.25. The first-order valence-corrected chi connectivity index (χ1v) is 6.43. The minimum atomic E-state index is 0.167. The van der Waals surface area contributed by atoms with Gasteiger partial charge in [-0.2, -0.15) is 0 Å². The van der Waals surface area contributed by atoms with Crippen molar-refractivity contribution in [3.63, 3.8) is 0 Å². The van der Waals surface area contributed by atoms with Crippen molar-refractivity contribution in [2.75, 3.05) is 18.8 Å². The molecule has 0 saturated carbocycles. The molecule has 0 aromatic carbocycles. The van der Waals surface area contributed by atoms with E-state index in [4.69, 9.17) is 0 Å². The van der Waals surface area contributed by atoms with Gasteiger partial charge in [0.25, 0.3) is 0 Å². The minimum absolute atomic E-state index is 0.167. The maximum Gasteiger partial charge on any atom is 0.220 e.